The second-order valence-corrected chi connectivity index (χ2v) is 10.4. The Hall–Kier alpha value is -4.30. The van der Waals surface area contributed by atoms with Crippen LogP contribution < -0.4 is 18.9 Å². The maximum atomic E-state index is 13.7. The first-order chi connectivity index (χ1) is 18.7. The van der Waals surface area contributed by atoms with E-state index in [1.165, 1.54) is 39.9 Å². The van der Waals surface area contributed by atoms with Gasteiger partial charge < -0.3 is 18.9 Å². The van der Waals surface area contributed by atoms with Crippen LogP contribution in [-0.2, 0) is 14.8 Å². The summed E-state index contributed by atoms with van der Waals surface area (Å²) in [6.07, 6.45) is 2.23. The molecule has 0 radical (unpaired) electrons. The minimum absolute atomic E-state index is 0.121. The van der Waals surface area contributed by atoms with Crippen LogP contribution in [0, 0.1) is 6.92 Å². The zero-order valence-electron chi connectivity index (χ0n) is 22.3. The molecule has 4 aromatic rings. The first-order valence-electron chi connectivity index (χ1n) is 11.7. The van der Waals surface area contributed by atoms with Crippen molar-refractivity contribution in [1.82, 2.24) is 29.7 Å². The number of methoxy groups -OCH3 is 4. The number of aryl methyl sites for hydroxylation is 1. The molecule has 0 saturated heterocycles. The Bertz CT molecular complexity index is 1520. The normalized spacial score (nSPS) is 13.0. The van der Waals surface area contributed by atoms with Gasteiger partial charge in [-0.1, -0.05) is 12.1 Å². The minimum atomic E-state index is -4.14. The maximum Gasteiger partial charge on any atom is 0.243 e. The molecule has 0 aliphatic heterocycles. The maximum absolute atomic E-state index is 13.7. The molecule has 14 heteroatoms. The molecule has 0 aliphatic carbocycles. The number of hydrogen-bond acceptors (Lipinski definition) is 11. The second kappa shape index (κ2) is 11.6. The number of hydrogen-bond donors (Lipinski definition) is 1. The van der Waals surface area contributed by atoms with Crippen molar-refractivity contribution in [3.8, 4) is 34.6 Å². The van der Waals surface area contributed by atoms with E-state index in [9.17, 15) is 8.42 Å². The average molecular weight is 556 g/mol. The Labute approximate surface area is 226 Å². The highest BCUT2D eigenvalue weighted by Gasteiger charge is 2.35. The van der Waals surface area contributed by atoms with Gasteiger partial charge in [0, 0.05) is 25.6 Å². The Morgan fingerprint density at radius 2 is 1.54 bits per heavy atom. The number of nitrogens with zero attached hydrogens (tertiary/aromatic N) is 6. The van der Waals surface area contributed by atoms with Crippen molar-refractivity contribution in [2.24, 2.45) is 0 Å². The van der Waals surface area contributed by atoms with Crippen molar-refractivity contribution < 1.29 is 27.4 Å². The largest absolute Gasteiger partial charge is 0.494 e. The van der Waals surface area contributed by atoms with Crippen LogP contribution in [0.2, 0.25) is 0 Å². The molecule has 1 N–H and O–H groups in total. The van der Waals surface area contributed by atoms with Crippen molar-refractivity contribution in [2.75, 3.05) is 33.2 Å². The summed E-state index contributed by atoms with van der Waals surface area (Å²) in [4.78, 5) is 12.9. The van der Waals surface area contributed by atoms with Gasteiger partial charge >= 0.3 is 0 Å². The van der Waals surface area contributed by atoms with Gasteiger partial charge in [-0.2, -0.15) is 0 Å². The summed E-state index contributed by atoms with van der Waals surface area (Å²) in [5, 5.41) is 7.32. The van der Waals surface area contributed by atoms with Crippen molar-refractivity contribution in [1.29, 1.82) is 0 Å². The summed E-state index contributed by atoms with van der Waals surface area (Å²) < 4.78 is 53.3. The third kappa shape index (κ3) is 5.61. The molecule has 3 heterocycles. The number of benzene rings is 1. The highest BCUT2D eigenvalue weighted by molar-refractivity contribution is 7.93. The molecule has 3 aromatic heterocycles. The van der Waals surface area contributed by atoms with Crippen LogP contribution in [0.5, 0.6) is 17.4 Å². The van der Waals surface area contributed by atoms with Crippen LogP contribution in [0.1, 0.15) is 24.4 Å². The summed E-state index contributed by atoms with van der Waals surface area (Å²) in [5.74, 6) is 1.43. The summed E-state index contributed by atoms with van der Waals surface area (Å²) in [6.45, 7) is 3.33. The summed E-state index contributed by atoms with van der Waals surface area (Å²) >= 11 is 0. The zero-order chi connectivity index (χ0) is 28.2. The lowest BCUT2D eigenvalue weighted by molar-refractivity contribution is 0.0949. The quantitative estimate of drug-likeness (QED) is 0.291. The standard InChI is InChI=1S/C25H29N7O6S/c1-15-13-26-23(27-14-15)22(38-6)16(2)39(33,34)31-25-30-29-24(17-9-7-12-20(28-17)37-5)32(25)21-18(35-3)10-8-11-19(21)36-4/h7-14,16,22H,1-6H3,(H,30,31)/t16?,22-/m1/s1. The molecule has 0 fully saturated rings. The number of rotatable bonds is 11. The molecule has 2 atom stereocenters. The molecular weight excluding hydrogens is 526 g/mol. The smallest absolute Gasteiger partial charge is 0.243 e. The average Bonchev–Trinajstić information content (AvgIpc) is 3.35. The molecule has 1 aromatic carbocycles. The summed E-state index contributed by atoms with van der Waals surface area (Å²) in [7, 11) is 1.73. The number of para-hydroxylation sites is 1. The fourth-order valence-electron chi connectivity index (χ4n) is 3.87. The van der Waals surface area contributed by atoms with Crippen LogP contribution in [-0.4, -0.2) is 71.8 Å². The number of anilines is 1. The van der Waals surface area contributed by atoms with Crippen LogP contribution in [0.25, 0.3) is 17.2 Å². The molecule has 0 bridgehead atoms. The van der Waals surface area contributed by atoms with E-state index < -0.39 is 21.4 Å². The SMILES string of the molecule is COc1cccc(-c2nnc(NS(=O)(=O)C(C)[C@@H](OC)c3ncc(C)cn3)n2-c2c(OC)cccc2OC)n1. The molecule has 206 valence electrons. The van der Waals surface area contributed by atoms with Gasteiger partial charge in [0.2, 0.25) is 21.9 Å². The fraction of sp³-hybridized carbons (Fsp3) is 0.320. The van der Waals surface area contributed by atoms with E-state index in [0.717, 1.165) is 5.56 Å². The van der Waals surface area contributed by atoms with E-state index in [-0.39, 0.29) is 17.6 Å². The topological polar surface area (TPSA) is 152 Å². The van der Waals surface area contributed by atoms with E-state index in [4.69, 9.17) is 18.9 Å². The highest BCUT2D eigenvalue weighted by Crippen LogP contribution is 2.38. The Kier molecular flexibility index (Phi) is 8.26. The zero-order valence-corrected chi connectivity index (χ0v) is 23.1. The lowest BCUT2D eigenvalue weighted by Gasteiger charge is -2.23. The summed E-state index contributed by atoms with van der Waals surface area (Å²) in [5.41, 5.74) is 1.57. The van der Waals surface area contributed by atoms with Crippen LogP contribution in [0.3, 0.4) is 0 Å². The van der Waals surface area contributed by atoms with Gasteiger partial charge in [-0.3, -0.25) is 9.29 Å². The Balaban J connectivity index is 1.85. The lowest BCUT2D eigenvalue weighted by Crippen LogP contribution is -2.33. The van der Waals surface area contributed by atoms with Crippen molar-refractivity contribution >= 4 is 16.0 Å². The van der Waals surface area contributed by atoms with E-state index >= 15 is 0 Å². The van der Waals surface area contributed by atoms with Crippen molar-refractivity contribution in [3.05, 3.63) is 60.2 Å². The third-order valence-electron chi connectivity index (χ3n) is 5.91. The van der Waals surface area contributed by atoms with Crippen LogP contribution in [0.15, 0.2) is 48.8 Å². The van der Waals surface area contributed by atoms with E-state index in [2.05, 4.69) is 29.9 Å². The van der Waals surface area contributed by atoms with Crippen molar-refractivity contribution in [3.63, 3.8) is 0 Å². The molecular formula is C25H29N7O6S. The molecule has 0 amide bonds. The predicted molar refractivity (Wildman–Crippen MR) is 143 cm³/mol. The lowest BCUT2D eigenvalue weighted by atomic mass is 10.2. The van der Waals surface area contributed by atoms with Gasteiger partial charge in [0.05, 0.1) is 21.3 Å². The van der Waals surface area contributed by atoms with Gasteiger partial charge in [-0.25, -0.2) is 23.4 Å². The highest BCUT2D eigenvalue weighted by atomic mass is 32.2. The molecule has 1 unspecified atom stereocenters. The van der Waals surface area contributed by atoms with Gasteiger partial charge in [0.1, 0.15) is 34.2 Å². The van der Waals surface area contributed by atoms with Gasteiger partial charge in [0.15, 0.2) is 11.6 Å². The monoisotopic (exact) mass is 555 g/mol. The number of pyridine rings is 1. The Morgan fingerprint density at radius 3 is 2.13 bits per heavy atom. The van der Waals surface area contributed by atoms with Crippen molar-refractivity contribution in [2.45, 2.75) is 25.2 Å². The van der Waals surface area contributed by atoms with Crippen LogP contribution >= 0.6 is 0 Å². The van der Waals surface area contributed by atoms with Crippen LogP contribution in [0.4, 0.5) is 5.95 Å². The van der Waals surface area contributed by atoms with E-state index in [1.807, 2.05) is 6.92 Å². The van der Waals surface area contributed by atoms with E-state index in [1.54, 1.807) is 48.8 Å². The van der Waals surface area contributed by atoms with Gasteiger partial charge in [-0.15, -0.1) is 10.2 Å². The fourth-order valence-corrected chi connectivity index (χ4v) is 5.00. The predicted octanol–water partition coefficient (Wildman–Crippen LogP) is 2.97. The third-order valence-corrected chi connectivity index (χ3v) is 7.60. The first-order valence-corrected chi connectivity index (χ1v) is 13.3. The number of aromatic nitrogens is 6. The molecule has 0 spiro atoms. The molecule has 0 aliphatic rings. The molecule has 4 rings (SSSR count). The first kappa shape index (κ1) is 27.7. The molecule has 13 nitrogen and oxygen atoms in total. The molecule has 0 saturated carbocycles. The second-order valence-electron chi connectivity index (χ2n) is 8.39. The number of nitrogens with one attached hydrogen (secondary N) is 1. The summed E-state index contributed by atoms with van der Waals surface area (Å²) in [6, 6.07) is 10.3. The Morgan fingerprint density at radius 1 is 0.897 bits per heavy atom. The van der Waals surface area contributed by atoms with E-state index in [0.29, 0.717) is 28.8 Å². The number of ether oxygens (including phenoxy) is 4. The molecule has 39 heavy (non-hydrogen) atoms. The van der Waals surface area contributed by atoms with Gasteiger partial charge in [0.25, 0.3) is 0 Å². The van der Waals surface area contributed by atoms with Gasteiger partial charge in [-0.05, 0) is 37.6 Å². The minimum Gasteiger partial charge on any atom is -0.494 e. The number of sulfonamides is 1.